The van der Waals surface area contributed by atoms with Crippen molar-refractivity contribution < 1.29 is 8.78 Å². The molecule has 18 heavy (non-hydrogen) atoms. The molecule has 0 amide bonds. The van der Waals surface area contributed by atoms with Gasteiger partial charge in [-0.05, 0) is 6.07 Å². The topological polar surface area (TPSA) is 42.2 Å². The molecule has 1 heterocycles. The molecule has 0 fully saturated rings. The second-order valence-electron chi connectivity index (χ2n) is 3.91. The van der Waals surface area contributed by atoms with Gasteiger partial charge >= 0.3 is 0 Å². The molecule has 0 radical (unpaired) electrons. The molecule has 6 heteroatoms. The minimum Gasteiger partial charge on any atom is -0.366 e. The lowest BCUT2D eigenvalue weighted by Crippen LogP contribution is -2.19. The summed E-state index contributed by atoms with van der Waals surface area (Å²) in [5, 5.41) is 1.87. The largest absolute Gasteiger partial charge is 0.366 e. The number of rotatable bonds is 4. The summed E-state index contributed by atoms with van der Waals surface area (Å²) in [5.74, 6) is -1.74. The number of benzene rings is 1. The number of hydrogen-bond acceptors (Lipinski definition) is 4. The van der Waals surface area contributed by atoms with E-state index in [-0.39, 0.29) is 17.8 Å². The number of thiazole rings is 1. The Morgan fingerprint density at radius 1 is 1.33 bits per heavy atom. The molecule has 2 rings (SSSR count). The molecule has 0 atom stereocenters. The van der Waals surface area contributed by atoms with Crippen LogP contribution < -0.4 is 10.6 Å². The van der Waals surface area contributed by atoms with Crippen molar-refractivity contribution in [2.75, 3.05) is 11.9 Å². The van der Waals surface area contributed by atoms with Crippen LogP contribution in [0.4, 0.5) is 14.5 Å². The quantitative estimate of drug-likeness (QED) is 0.927. The van der Waals surface area contributed by atoms with Gasteiger partial charge in [0.2, 0.25) is 0 Å². The van der Waals surface area contributed by atoms with E-state index in [1.807, 2.05) is 5.38 Å². The van der Waals surface area contributed by atoms with E-state index in [2.05, 4.69) is 4.98 Å². The van der Waals surface area contributed by atoms with E-state index < -0.39 is 11.6 Å². The Balaban J connectivity index is 2.25. The highest BCUT2D eigenvalue weighted by Crippen LogP contribution is 2.24. The lowest BCUT2D eigenvalue weighted by atomic mass is 10.1. The first-order chi connectivity index (χ1) is 8.63. The number of hydrogen-bond donors (Lipinski definition) is 1. The average Bonchev–Trinajstić information content (AvgIpc) is 2.85. The molecule has 2 aromatic rings. The molecule has 0 aliphatic carbocycles. The molecule has 96 valence electrons. The summed E-state index contributed by atoms with van der Waals surface area (Å²) in [6.45, 7) is 0.417. The number of halogens is 2. The number of nitrogens with zero attached hydrogens (tertiary/aromatic N) is 2. The molecular formula is C12H13F2N3S. The molecule has 3 nitrogen and oxygen atoms in total. The van der Waals surface area contributed by atoms with Gasteiger partial charge in [0.1, 0.15) is 0 Å². The van der Waals surface area contributed by atoms with Crippen LogP contribution in [-0.2, 0) is 13.1 Å². The Kier molecular flexibility index (Phi) is 3.88. The minimum absolute atomic E-state index is 0.0150. The SMILES string of the molecule is CN(Cc1cscn1)c1ccc(CN)c(F)c1F. The molecule has 0 unspecified atom stereocenters. The summed E-state index contributed by atoms with van der Waals surface area (Å²) >= 11 is 1.47. The number of anilines is 1. The summed E-state index contributed by atoms with van der Waals surface area (Å²) in [5.41, 5.74) is 8.24. The lowest BCUT2D eigenvalue weighted by Gasteiger charge is -2.19. The molecule has 1 aromatic heterocycles. The van der Waals surface area contributed by atoms with Gasteiger partial charge < -0.3 is 10.6 Å². The van der Waals surface area contributed by atoms with Crippen molar-refractivity contribution in [1.29, 1.82) is 0 Å². The van der Waals surface area contributed by atoms with E-state index in [4.69, 9.17) is 5.73 Å². The fourth-order valence-corrected chi connectivity index (χ4v) is 2.23. The highest BCUT2D eigenvalue weighted by atomic mass is 32.1. The number of nitrogens with two attached hydrogens (primary N) is 1. The molecule has 0 saturated carbocycles. The first-order valence-electron chi connectivity index (χ1n) is 5.38. The summed E-state index contributed by atoms with van der Waals surface area (Å²) in [7, 11) is 1.69. The van der Waals surface area contributed by atoms with E-state index in [1.165, 1.54) is 23.5 Å². The fourth-order valence-electron chi connectivity index (χ4n) is 1.68. The molecule has 0 saturated heterocycles. The second kappa shape index (κ2) is 5.41. The molecule has 1 aromatic carbocycles. The van der Waals surface area contributed by atoms with Crippen molar-refractivity contribution in [2.45, 2.75) is 13.1 Å². The van der Waals surface area contributed by atoms with Crippen molar-refractivity contribution in [2.24, 2.45) is 5.73 Å². The van der Waals surface area contributed by atoms with E-state index >= 15 is 0 Å². The first kappa shape index (κ1) is 12.9. The Hall–Kier alpha value is -1.53. The number of aromatic nitrogens is 1. The van der Waals surface area contributed by atoms with E-state index in [1.54, 1.807) is 17.5 Å². The molecule has 0 spiro atoms. The third-order valence-corrected chi connectivity index (χ3v) is 3.29. The van der Waals surface area contributed by atoms with Crippen LogP contribution in [0.25, 0.3) is 0 Å². The molecule has 0 bridgehead atoms. The van der Waals surface area contributed by atoms with E-state index in [0.29, 0.717) is 6.54 Å². The molecule has 2 N–H and O–H groups in total. The van der Waals surface area contributed by atoms with Crippen molar-refractivity contribution in [3.8, 4) is 0 Å². The van der Waals surface area contributed by atoms with Gasteiger partial charge in [0.25, 0.3) is 0 Å². The monoisotopic (exact) mass is 269 g/mol. The van der Waals surface area contributed by atoms with Crippen LogP contribution in [0.5, 0.6) is 0 Å². The van der Waals surface area contributed by atoms with Crippen LogP contribution in [0.15, 0.2) is 23.0 Å². The van der Waals surface area contributed by atoms with Crippen LogP contribution in [-0.4, -0.2) is 12.0 Å². The van der Waals surface area contributed by atoms with Gasteiger partial charge in [0, 0.05) is 24.5 Å². The van der Waals surface area contributed by atoms with Crippen molar-refractivity contribution >= 4 is 17.0 Å². The normalized spacial score (nSPS) is 10.7. The second-order valence-corrected chi connectivity index (χ2v) is 4.63. The van der Waals surface area contributed by atoms with Crippen LogP contribution >= 0.6 is 11.3 Å². The maximum absolute atomic E-state index is 13.8. The highest BCUT2D eigenvalue weighted by Gasteiger charge is 2.15. The third-order valence-electron chi connectivity index (χ3n) is 2.66. The van der Waals surface area contributed by atoms with Crippen LogP contribution in [0.2, 0.25) is 0 Å². The van der Waals surface area contributed by atoms with E-state index in [0.717, 1.165) is 5.69 Å². The van der Waals surface area contributed by atoms with Gasteiger partial charge in [0.05, 0.1) is 23.4 Å². The van der Waals surface area contributed by atoms with Gasteiger partial charge in [-0.25, -0.2) is 13.8 Å². The zero-order chi connectivity index (χ0) is 13.1. The Morgan fingerprint density at radius 2 is 2.11 bits per heavy atom. The lowest BCUT2D eigenvalue weighted by molar-refractivity contribution is 0.498. The summed E-state index contributed by atoms with van der Waals surface area (Å²) in [4.78, 5) is 5.73. The predicted octanol–water partition coefficient (Wildman–Crippen LogP) is 2.52. The average molecular weight is 269 g/mol. The van der Waals surface area contributed by atoms with Crippen LogP contribution in [0, 0.1) is 11.6 Å². The van der Waals surface area contributed by atoms with Crippen molar-refractivity contribution in [1.82, 2.24) is 4.98 Å². The smallest absolute Gasteiger partial charge is 0.182 e. The zero-order valence-electron chi connectivity index (χ0n) is 9.86. The van der Waals surface area contributed by atoms with Gasteiger partial charge in [-0.15, -0.1) is 11.3 Å². The Morgan fingerprint density at radius 3 is 2.72 bits per heavy atom. The van der Waals surface area contributed by atoms with Gasteiger partial charge in [-0.2, -0.15) is 0 Å². The molecule has 0 aliphatic rings. The zero-order valence-corrected chi connectivity index (χ0v) is 10.7. The summed E-state index contributed by atoms with van der Waals surface area (Å²) < 4.78 is 27.4. The van der Waals surface area contributed by atoms with Crippen LogP contribution in [0.3, 0.4) is 0 Å². The summed E-state index contributed by atoms with van der Waals surface area (Å²) in [6.07, 6.45) is 0. The predicted molar refractivity (Wildman–Crippen MR) is 68.5 cm³/mol. The maximum atomic E-state index is 13.8. The van der Waals surface area contributed by atoms with Gasteiger partial charge in [-0.3, -0.25) is 0 Å². The van der Waals surface area contributed by atoms with Crippen molar-refractivity contribution in [3.63, 3.8) is 0 Å². The van der Waals surface area contributed by atoms with Crippen molar-refractivity contribution in [3.05, 3.63) is 45.9 Å². The highest BCUT2D eigenvalue weighted by molar-refractivity contribution is 7.07. The minimum atomic E-state index is -0.875. The van der Waals surface area contributed by atoms with Gasteiger partial charge in [0.15, 0.2) is 11.6 Å². The Bertz CT molecular complexity index is 528. The molecule has 0 aliphatic heterocycles. The van der Waals surface area contributed by atoms with Gasteiger partial charge in [-0.1, -0.05) is 6.07 Å². The fraction of sp³-hybridized carbons (Fsp3) is 0.250. The summed E-state index contributed by atoms with van der Waals surface area (Å²) in [6, 6.07) is 3.04. The van der Waals surface area contributed by atoms with E-state index in [9.17, 15) is 8.78 Å². The maximum Gasteiger partial charge on any atom is 0.182 e. The third kappa shape index (κ3) is 2.49. The van der Waals surface area contributed by atoms with Crippen LogP contribution in [0.1, 0.15) is 11.3 Å². The Labute approximate surface area is 108 Å². The molecular weight excluding hydrogens is 256 g/mol. The standard InChI is InChI=1S/C12H13F2N3S/c1-17(5-9-6-18-7-16-9)10-3-2-8(4-15)11(13)12(10)14/h2-3,6-7H,4-5,15H2,1H3. The first-order valence-corrected chi connectivity index (χ1v) is 6.33.